The Bertz CT molecular complexity index is 167. The fourth-order valence-electron chi connectivity index (χ4n) is 2.02. The number of nitrogens with one attached hydrogen (secondary N) is 1. The summed E-state index contributed by atoms with van der Waals surface area (Å²) < 4.78 is 1.13. The molecule has 3 heteroatoms. The van der Waals surface area contributed by atoms with Crippen LogP contribution in [0.5, 0.6) is 0 Å². The Morgan fingerprint density at radius 1 is 1.36 bits per heavy atom. The Balaban J connectivity index is 1.96. The first-order valence-electron chi connectivity index (χ1n) is 5.65. The van der Waals surface area contributed by atoms with Gasteiger partial charge in [-0.1, -0.05) is 48.3 Å². The molecule has 14 heavy (non-hydrogen) atoms. The molecule has 0 aromatic carbocycles. The third kappa shape index (κ3) is 5.17. The Kier molecular flexibility index (Phi) is 6.56. The topological polar surface area (TPSA) is 29.1 Å². The number of carbonyl (C=O) groups excluding carboxylic acids is 1. The van der Waals surface area contributed by atoms with E-state index in [2.05, 4.69) is 27.9 Å². The lowest BCUT2D eigenvalue weighted by molar-refractivity contribution is -0.121. The molecule has 0 bridgehead atoms. The lowest BCUT2D eigenvalue weighted by Gasteiger charge is -2.08. The van der Waals surface area contributed by atoms with E-state index in [9.17, 15) is 4.79 Å². The summed E-state index contributed by atoms with van der Waals surface area (Å²) in [7, 11) is 0. The van der Waals surface area contributed by atoms with Crippen LogP contribution in [0.4, 0.5) is 0 Å². The largest absolute Gasteiger partial charge is 0.356 e. The summed E-state index contributed by atoms with van der Waals surface area (Å²) in [4.78, 5) is 11.4. The minimum Gasteiger partial charge on any atom is -0.356 e. The quantitative estimate of drug-likeness (QED) is 0.456. The van der Waals surface area contributed by atoms with Crippen LogP contribution < -0.4 is 5.32 Å². The monoisotopic (exact) mass is 309 g/mol. The van der Waals surface area contributed by atoms with Gasteiger partial charge in [-0.3, -0.25) is 4.79 Å². The van der Waals surface area contributed by atoms with Gasteiger partial charge in [-0.15, -0.1) is 0 Å². The summed E-state index contributed by atoms with van der Waals surface area (Å²) in [6, 6.07) is 0. The van der Waals surface area contributed by atoms with Crippen LogP contribution in [0, 0.1) is 5.92 Å². The molecule has 1 aliphatic rings. The van der Waals surface area contributed by atoms with E-state index in [0.29, 0.717) is 0 Å². The maximum absolute atomic E-state index is 11.4. The summed E-state index contributed by atoms with van der Waals surface area (Å²) in [6.07, 6.45) is 8.39. The molecule has 1 rings (SSSR count). The SMILES string of the molecule is O=C(CCC1CCCC1)NCCCI. The normalized spacial score (nSPS) is 17.2. The zero-order chi connectivity index (χ0) is 10.2. The van der Waals surface area contributed by atoms with Gasteiger partial charge in [0.1, 0.15) is 0 Å². The van der Waals surface area contributed by atoms with E-state index < -0.39 is 0 Å². The maximum Gasteiger partial charge on any atom is 0.220 e. The van der Waals surface area contributed by atoms with Crippen LogP contribution in [0.25, 0.3) is 0 Å². The fraction of sp³-hybridized carbons (Fsp3) is 0.909. The number of hydrogen-bond donors (Lipinski definition) is 1. The number of halogens is 1. The molecular weight excluding hydrogens is 289 g/mol. The van der Waals surface area contributed by atoms with Crippen molar-refractivity contribution in [3.05, 3.63) is 0 Å². The van der Waals surface area contributed by atoms with Gasteiger partial charge in [-0.25, -0.2) is 0 Å². The van der Waals surface area contributed by atoms with Gasteiger partial charge < -0.3 is 5.32 Å². The average molecular weight is 309 g/mol. The minimum absolute atomic E-state index is 0.252. The number of rotatable bonds is 6. The fourth-order valence-corrected chi connectivity index (χ4v) is 2.40. The van der Waals surface area contributed by atoms with Crippen molar-refractivity contribution < 1.29 is 4.79 Å². The molecule has 1 N–H and O–H groups in total. The molecule has 1 aliphatic carbocycles. The number of carbonyl (C=O) groups is 1. The van der Waals surface area contributed by atoms with Crippen molar-refractivity contribution in [3.63, 3.8) is 0 Å². The van der Waals surface area contributed by atoms with Crippen LogP contribution in [0.1, 0.15) is 44.9 Å². The van der Waals surface area contributed by atoms with Crippen molar-refractivity contribution >= 4 is 28.5 Å². The zero-order valence-corrected chi connectivity index (χ0v) is 10.9. The standard InChI is InChI=1S/C11H20INO/c12-8-3-9-13-11(14)7-6-10-4-1-2-5-10/h10H,1-9H2,(H,13,14). The van der Waals surface area contributed by atoms with E-state index >= 15 is 0 Å². The Morgan fingerprint density at radius 2 is 2.07 bits per heavy atom. The molecule has 82 valence electrons. The molecule has 1 fully saturated rings. The highest BCUT2D eigenvalue weighted by Gasteiger charge is 2.15. The lowest BCUT2D eigenvalue weighted by Crippen LogP contribution is -2.24. The number of amides is 1. The Hall–Kier alpha value is 0.200. The molecular formula is C11H20INO. The summed E-state index contributed by atoms with van der Waals surface area (Å²) in [5.41, 5.74) is 0. The molecule has 1 amide bonds. The van der Waals surface area contributed by atoms with Gasteiger partial charge >= 0.3 is 0 Å². The van der Waals surface area contributed by atoms with Gasteiger partial charge in [0.15, 0.2) is 0 Å². The summed E-state index contributed by atoms with van der Waals surface area (Å²) in [5, 5.41) is 2.96. The highest BCUT2D eigenvalue weighted by Crippen LogP contribution is 2.28. The van der Waals surface area contributed by atoms with E-state index in [0.717, 1.165) is 36.2 Å². The second-order valence-corrected chi connectivity index (χ2v) is 5.16. The minimum atomic E-state index is 0.252. The summed E-state index contributed by atoms with van der Waals surface area (Å²) >= 11 is 2.34. The molecule has 0 saturated heterocycles. The maximum atomic E-state index is 11.4. The molecule has 0 atom stereocenters. The number of alkyl halides is 1. The van der Waals surface area contributed by atoms with Crippen molar-refractivity contribution in [2.24, 2.45) is 5.92 Å². The van der Waals surface area contributed by atoms with Gasteiger partial charge in [-0.2, -0.15) is 0 Å². The van der Waals surface area contributed by atoms with E-state index in [-0.39, 0.29) is 5.91 Å². The van der Waals surface area contributed by atoms with Gasteiger partial charge in [0.25, 0.3) is 0 Å². The summed E-state index contributed by atoms with van der Waals surface area (Å²) in [5.74, 6) is 1.09. The molecule has 0 spiro atoms. The molecule has 1 saturated carbocycles. The molecule has 0 radical (unpaired) electrons. The highest BCUT2D eigenvalue weighted by molar-refractivity contribution is 14.1. The Labute approximate surface area is 100 Å². The molecule has 0 aromatic heterocycles. The van der Waals surface area contributed by atoms with Crippen LogP contribution in [-0.4, -0.2) is 16.9 Å². The first-order chi connectivity index (χ1) is 6.83. The van der Waals surface area contributed by atoms with E-state index in [1.807, 2.05) is 0 Å². The molecule has 0 heterocycles. The van der Waals surface area contributed by atoms with Crippen LogP contribution in [0.15, 0.2) is 0 Å². The van der Waals surface area contributed by atoms with E-state index in [4.69, 9.17) is 0 Å². The molecule has 0 unspecified atom stereocenters. The van der Waals surface area contributed by atoms with Crippen LogP contribution in [0.3, 0.4) is 0 Å². The third-order valence-corrected chi connectivity index (χ3v) is 3.65. The van der Waals surface area contributed by atoms with Gasteiger partial charge in [0, 0.05) is 17.4 Å². The first-order valence-corrected chi connectivity index (χ1v) is 7.18. The molecule has 0 aromatic rings. The predicted octanol–water partition coefficient (Wildman–Crippen LogP) is 2.90. The van der Waals surface area contributed by atoms with Crippen molar-refractivity contribution in [3.8, 4) is 0 Å². The molecule has 2 nitrogen and oxygen atoms in total. The predicted molar refractivity (Wildman–Crippen MR) is 67.7 cm³/mol. The van der Waals surface area contributed by atoms with Crippen molar-refractivity contribution in [2.75, 3.05) is 11.0 Å². The first kappa shape index (κ1) is 12.3. The van der Waals surface area contributed by atoms with E-state index in [1.54, 1.807) is 0 Å². The van der Waals surface area contributed by atoms with Crippen LogP contribution >= 0.6 is 22.6 Å². The van der Waals surface area contributed by atoms with E-state index in [1.165, 1.54) is 25.7 Å². The van der Waals surface area contributed by atoms with Gasteiger partial charge in [-0.05, 0) is 18.8 Å². The van der Waals surface area contributed by atoms with Gasteiger partial charge in [0.2, 0.25) is 5.91 Å². The number of hydrogen-bond acceptors (Lipinski definition) is 1. The smallest absolute Gasteiger partial charge is 0.220 e. The lowest BCUT2D eigenvalue weighted by atomic mass is 10.0. The zero-order valence-electron chi connectivity index (χ0n) is 8.73. The highest BCUT2D eigenvalue weighted by atomic mass is 127. The second-order valence-electron chi connectivity index (χ2n) is 4.08. The van der Waals surface area contributed by atoms with Crippen LogP contribution in [-0.2, 0) is 4.79 Å². The average Bonchev–Trinajstić information content (AvgIpc) is 2.68. The van der Waals surface area contributed by atoms with Crippen molar-refractivity contribution in [2.45, 2.75) is 44.9 Å². The van der Waals surface area contributed by atoms with Gasteiger partial charge in [0.05, 0.1) is 0 Å². The summed E-state index contributed by atoms with van der Waals surface area (Å²) in [6.45, 7) is 0.854. The Morgan fingerprint density at radius 3 is 2.71 bits per heavy atom. The van der Waals surface area contributed by atoms with Crippen molar-refractivity contribution in [1.29, 1.82) is 0 Å². The van der Waals surface area contributed by atoms with Crippen LogP contribution in [0.2, 0.25) is 0 Å². The third-order valence-electron chi connectivity index (χ3n) is 2.89. The molecule has 0 aliphatic heterocycles. The van der Waals surface area contributed by atoms with Crippen molar-refractivity contribution in [1.82, 2.24) is 5.32 Å². The second kappa shape index (κ2) is 7.49.